The quantitative estimate of drug-likeness (QED) is 0.280. The predicted molar refractivity (Wildman–Crippen MR) is 133 cm³/mol. The van der Waals surface area contributed by atoms with Gasteiger partial charge < -0.3 is 4.42 Å². The van der Waals surface area contributed by atoms with Gasteiger partial charge in [0.1, 0.15) is 5.52 Å². The van der Waals surface area contributed by atoms with Crippen LogP contribution in [0.1, 0.15) is 0 Å². The van der Waals surface area contributed by atoms with Gasteiger partial charge in [0.05, 0.1) is 0 Å². The molecule has 2 nitrogen and oxygen atoms in total. The van der Waals surface area contributed by atoms with Crippen LogP contribution in [0.3, 0.4) is 0 Å². The van der Waals surface area contributed by atoms with Gasteiger partial charge in [-0.05, 0) is 69.4 Å². The second-order valence-electron chi connectivity index (χ2n) is 7.81. The van der Waals surface area contributed by atoms with Crippen molar-refractivity contribution in [2.45, 2.75) is 0 Å². The molecular formula is C29H18ClNO. The maximum absolute atomic E-state index is 6.04. The third-order valence-electron chi connectivity index (χ3n) is 5.80. The van der Waals surface area contributed by atoms with E-state index in [1.807, 2.05) is 30.3 Å². The lowest BCUT2D eigenvalue weighted by atomic mass is 9.96. The van der Waals surface area contributed by atoms with E-state index in [0.717, 1.165) is 27.8 Å². The van der Waals surface area contributed by atoms with Crippen LogP contribution in [0.2, 0.25) is 5.02 Å². The number of aromatic nitrogens is 1. The fourth-order valence-corrected chi connectivity index (χ4v) is 4.27. The second kappa shape index (κ2) is 7.67. The van der Waals surface area contributed by atoms with Crippen LogP contribution in [0.4, 0.5) is 0 Å². The van der Waals surface area contributed by atoms with Crippen LogP contribution in [0.5, 0.6) is 0 Å². The molecule has 0 fully saturated rings. The summed E-state index contributed by atoms with van der Waals surface area (Å²) in [4.78, 5) is 4.62. The van der Waals surface area contributed by atoms with Crippen LogP contribution in [-0.4, -0.2) is 4.98 Å². The number of hydrogen-bond donors (Lipinski definition) is 0. The zero-order valence-electron chi connectivity index (χ0n) is 17.1. The van der Waals surface area contributed by atoms with Crippen molar-refractivity contribution in [1.82, 2.24) is 4.98 Å². The fourth-order valence-electron chi connectivity index (χ4n) is 4.14. The molecule has 0 atom stereocenters. The Hall–Kier alpha value is -3.88. The van der Waals surface area contributed by atoms with Gasteiger partial charge in [-0.1, -0.05) is 84.4 Å². The first-order valence-electron chi connectivity index (χ1n) is 10.5. The number of hydrogen-bond acceptors (Lipinski definition) is 2. The van der Waals surface area contributed by atoms with Crippen LogP contribution in [0.25, 0.3) is 55.6 Å². The highest BCUT2D eigenvalue weighted by Gasteiger charge is 2.10. The first kappa shape index (κ1) is 18.9. The van der Waals surface area contributed by atoms with Crippen molar-refractivity contribution in [2.24, 2.45) is 0 Å². The summed E-state index contributed by atoms with van der Waals surface area (Å²) in [5.74, 6) is 0.597. The Morgan fingerprint density at radius 1 is 0.594 bits per heavy atom. The first-order valence-corrected chi connectivity index (χ1v) is 10.9. The van der Waals surface area contributed by atoms with Crippen molar-refractivity contribution >= 4 is 33.5 Å². The summed E-state index contributed by atoms with van der Waals surface area (Å²) in [6.45, 7) is 0. The maximum Gasteiger partial charge on any atom is 0.227 e. The molecule has 0 aliphatic rings. The third kappa shape index (κ3) is 3.35. The number of halogens is 1. The lowest BCUT2D eigenvalue weighted by Crippen LogP contribution is -1.83. The fraction of sp³-hybridized carbons (Fsp3) is 0. The van der Waals surface area contributed by atoms with Gasteiger partial charge in [0.2, 0.25) is 5.89 Å². The molecule has 0 saturated carbocycles. The molecule has 0 radical (unpaired) electrons. The molecule has 3 heteroatoms. The van der Waals surface area contributed by atoms with Gasteiger partial charge in [0.15, 0.2) is 5.58 Å². The molecule has 152 valence electrons. The Kier molecular flexibility index (Phi) is 4.52. The maximum atomic E-state index is 6.04. The minimum atomic E-state index is 0.597. The molecule has 0 bridgehead atoms. The highest BCUT2D eigenvalue weighted by atomic mass is 35.5. The van der Waals surface area contributed by atoms with Gasteiger partial charge in [-0.2, -0.15) is 0 Å². The van der Waals surface area contributed by atoms with Crippen molar-refractivity contribution in [2.75, 3.05) is 0 Å². The number of rotatable bonds is 3. The number of nitrogens with zero attached hydrogens (tertiary/aromatic N) is 1. The van der Waals surface area contributed by atoms with Crippen molar-refractivity contribution in [1.29, 1.82) is 0 Å². The molecule has 6 rings (SSSR count). The van der Waals surface area contributed by atoms with Gasteiger partial charge in [-0.25, -0.2) is 4.98 Å². The molecule has 0 saturated heterocycles. The Morgan fingerprint density at radius 2 is 1.28 bits per heavy atom. The minimum Gasteiger partial charge on any atom is -0.436 e. The SMILES string of the molecule is Clc1ccc(-c2nc3ccc(-c4ccc(-c5cccc6ccccc56)cc4)cc3o2)cc1. The number of oxazole rings is 1. The summed E-state index contributed by atoms with van der Waals surface area (Å²) in [6.07, 6.45) is 0. The Morgan fingerprint density at radius 3 is 2.12 bits per heavy atom. The Bertz CT molecular complexity index is 1560. The third-order valence-corrected chi connectivity index (χ3v) is 6.05. The molecular weight excluding hydrogens is 414 g/mol. The van der Waals surface area contributed by atoms with Gasteiger partial charge in [-0.15, -0.1) is 0 Å². The van der Waals surface area contributed by atoms with E-state index < -0.39 is 0 Å². The van der Waals surface area contributed by atoms with Crippen molar-refractivity contribution in [3.05, 3.63) is 114 Å². The topological polar surface area (TPSA) is 26.0 Å². The number of benzene rings is 5. The van der Waals surface area contributed by atoms with Gasteiger partial charge in [0.25, 0.3) is 0 Å². The van der Waals surface area contributed by atoms with Crippen molar-refractivity contribution < 1.29 is 4.42 Å². The molecule has 0 aliphatic heterocycles. The summed E-state index contributed by atoms with van der Waals surface area (Å²) in [5.41, 5.74) is 7.20. The first-order chi connectivity index (χ1) is 15.7. The number of fused-ring (bicyclic) bond motifs is 2. The monoisotopic (exact) mass is 431 g/mol. The highest BCUT2D eigenvalue weighted by Crippen LogP contribution is 2.32. The molecule has 32 heavy (non-hydrogen) atoms. The molecule has 0 amide bonds. The summed E-state index contributed by atoms with van der Waals surface area (Å²) < 4.78 is 6.04. The lowest BCUT2D eigenvalue weighted by molar-refractivity contribution is 0.620. The van der Waals surface area contributed by atoms with E-state index in [2.05, 4.69) is 83.8 Å². The van der Waals surface area contributed by atoms with Crippen molar-refractivity contribution in [3.8, 4) is 33.7 Å². The molecule has 5 aromatic carbocycles. The average Bonchev–Trinajstić information content (AvgIpc) is 3.28. The Balaban J connectivity index is 1.35. The van der Waals surface area contributed by atoms with E-state index >= 15 is 0 Å². The largest absolute Gasteiger partial charge is 0.436 e. The van der Waals surface area contributed by atoms with E-state index in [1.165, 1.54) is 21.9 Å². The molecule has 1 heterocycles. The smallest absolute Gasteiger partial charge is 0.227 e. The van der Waals surface area contributed by atoms with Crippen LogP contribution < -0.4 is 0 Å². The molecule has 0 N–H and O–H groups in total. The van der Waals surface area contributed by atoms with E-state index in [0.29, 0.717) is 10.9 Å². The van der Waals surface area contributed by atoms with Crippen molar-refractivity contribution in [3.63, 3.8) is 0 Å². The van der Waals surface area contributed by atoms with E-state index in [4.69, 9.17) is 16.0 Å². The molecule has 6 aromatic rings. The summed E-state index contributed by atoms with van der Waals surface area (Å²) in [6, 6.07) is 37.3. The minimum absolute atomic E-state index is 0.597. The second-order valence-corrected chi connectivity index (χ2v) is 8.25. The standard InChI is InChI=1S/C29H18ClNO/c30-24-15-12-22(13-16-24)29-31-27-17-14-23(18-28(27)32-29)19-8-10-21(11-9-19)26-7-3-5-20-4-1-2-6-25(20)26/h1-18H. The molecule has 0 unspecified atom stereocenters. The van der Waals surface area contributed by atoms with E-state index in [-0.39, 0.29) is 0 Å². The molecule has 0 aliphatic carbocycles. The normalized spacial score (nSPS) is 11.3. The van der Waals surface area contributed by atoms with Crippen LogP contribution in [0.15, 0.2) is 114 Å². The predicted octanol–water partition coefficient (Wildman–Crippen LogP) is 8.64. The summed E-state index contributed by atoms with van der Waals surface area (Å²) in [7, 11) is 0. The highest BCUT2D eigenvalue weighted by molar-refractivity contribution is 6.30. The summed E-state index contributed by atoms with van der Waals surface area (Å²) in [5, 5.41) is 3.21. The average molecular weight is 432 g/mol. The van der Waals surface area contributed by atoms with Gasteiger partial charge in [-0.3, -0.25) is 0 Å². The Labute approximate surface area is 190 Å². The van der Waals surface area contributed by atoms with Gasteiger partial charge in [0, 0.05) is 10.6 Å². The van der Waals surface area contributed by atoms with E-state index in [1.54, 1.807) is 0 Å². The molecule has 1 aromatic heterocycles. The van der Waals surface area contributed by atoms with Crippen LogP contribution >= 0.6 is 11.6 Å². The molecule has 0 spiro atoms. The summed E-state index contributed by atoms with van der Waals surface area (Å²) >= 11 is 5.99. The van der Waals surface area contributed by atoms with E-state index in [9.17, 15) is 0 Å². The zero-order valence-corrected chi connectivity index (χ0v) is 17.9. The lowest BCUT2D eigenvalue weighted by Gasteiger charge is -2.08. The van der Waals surface area contributed by atoms with Crippen LogP contribution in [0, 0.1) is 0 Å². The zero-order chi connectivity index (χ0) is 21.5. The van der Waals surface area contributed by atoms with Gasteiger partial charge >= 0.3 is 0 Å². The van der Waals surface area contributed by atoms with Crippen LogP contribution in [-0.2, 0) is 0 Å².